The molecule has 0 spiro atoms. The molecule has 3 heterocycles. The summed E-state index contributed by atoms with van der Waals surface area (Å²) in [5.41, 5.74) is 2.68. The van der Waals surface area contributed by atoms with Gasteiger partial charge in [-0.05, 0) is 55.8 Å². The molecule has 1 aromatic heterocycles. The van der Waals surface area contributed by atoms with Crippen LogP contribution < -0.4 is 14.4 Å². The summed E-state index contributed by atoms with van der Waals surface area (Å²) in [5.74, 6) is 1.07. The van der Waals surface area contributed by atoms with Gasteiger partial charge in [-0.1, -0.05) is 26.8 Å². The molecule has 43 heavy (non-hydrogen) atoms. The number of methoxy groups -OCH3 is 2. The Bertz CT molecular complexity index is 1490. The summed E-state index contributed by atoms with van der Waals surface area (Å²) >= 11 is 1.48. The van der Waals surface area contributed by atoms with E-state index in [4.69, 9.17) is 19.3 Å². The Kier molecular flexibility index (Phi) is 8.76. The number of carbonyl (C=O) groups excluding carboxylic acids is 2. The summed E-state index contributed by atoms with van der Waals surface area (Å²) in [7, 11) is 3.18. The molecule has 5 rings (SSSR count). The first-order valence-corrected chi connectivity index (χ1v) is 15.4. The summed E-state index contributed by atoms with van der Waals surface area (Å²) in [6.45, 7) is 10.8. The van der Waals surface area contributed by atoms with Crippen molar-refractivity contribution < 1.29 is 28.2 Å². The van der Waals surface area contributed by atoms with Gasteiger partial charge in [0.1, 0.15) is 18.2 Å². The van der Waals surface area contributed by atoms with Gasteiger partial charge in [0.25, 0.3) is 0 Å². The molecule has 2 aliphatic rings. The number of aromatic nitrogens is 2. The molecule has 0 N–H and O–H groups in total. The molecule has 1 saturated heterocycles. The number of ether oxygens (including phenoxy) is 3. The average Bonchev–Trinajstić information content (AvgIpc) is 3.30. The summed E-state index contributed by atoms with van der Waals surface area (Å²) in [5, 5.41) is 4.76. The highest BCUT2D eigenvalue weighted by molar-refractivity contribution is 8.00. The van der Waals surface area contributed by atoms with Crippen LogP contribution in [0.4, 0.5) is 10.2 Å². The lowest BCUT2D eigenvalue weighted by atomic mass is 9.87. The summed E-state index contributed by atoms with van der Waals surface area (Å²) in [6.07, 6.45) is -0.212. The first kappa shape index (κ1) is 30.9. The second-order valence-corrected chi connectivity index (χ2v) is 13.2. The van der Waals surface area contributed by atoms with Gasteiger partial charge in [0.05, 0.1) is 48.8 Å². The van der Waals surface area contributed by atoms with Crippen LogP contribution in [0.2, 0.25) is 0 Å². The quantitative estimate of drug-likeness (QED) is 0.383. The van der Waals surface area contributed by atoms with Gasteiger partial charge in [0, 0.05) is 24.1 Å². The zero-order valence-electron chi connectivity index (χ0n) is 25.7. The number of anilines is 1. The molecule has 2 amide bonds. The zero-order valence-corrected chi connectivity index (χ0v) is 26.5. The van der Waals surface area contributed by atoms with Crippen LogP contribution in [0.1, 0.15) is 56.7 Å². The van der Waals surface area contributed by atoms with Crippen molar-refractivity contribution in [2.45, 2.75) is 57.5 Å². The number of thioether (sulfide) groups is 1. The van der Waals surface area contributed by atoms with Gasteiger partial charge < -0.3 is 19.1 Å². The van der Waals surface area contributed by atoms with Gasteiger partial charge in [-0.25, -0.2) is 9.07 Å². The molecule has 9 nitrogen and oxygen atoms in total. The number of hydrogen-bond donors (Lipinski definition) is 0. The molecule has 0 aliphatic carbocycles. The number of morpholine rings is 1. The first-order valence-electron chi connectivity index (χ1n) is 14.4. The Balaban J connectivity index is 1.71. The molecule has 0 bridgehead atoms. The van der Waals surface area contributed by atoms with Gasteiger partial charge in [-0.3, -0.25) is 14.5 Å². The van der Waals surface area contributed by atoms with Crippen molar-refractivity contribution in [1.82, 2.24) is 14.7 Å². The van der Waals surface area contributed by atoms with E-state index in [9.17, 15) is 14.0 Å². The molecule has 11 heteroatoms. The van der Waals surface area contributed by atoms with E-state index in [0.29, 0.717) is 36.1 Å². The van der Waals surface area contributed by atoms with E-state index >= 15 is 0 Å². The largest absolute Gasteiger partial charge is 0.493 e. The number of hydrogen-bond acceptors (Lipinski definition) is 7. The average molecular weight is 611 g/mol. The Morgan fingerprint density at radius 1 is 1.05 bits per heavy atom. The Labute approximate surface area is 256 Å². The van der Waals surface area contributed by atoms with Crippen LogP contribution in [0.3, 0.4) is 0 Å². The number of nitrogens with zero attached hydrogens (tertiary/aromatic N) is 4. The number of fused-ring (bicyclic) bond motifs is 1. The topological polar surface area (TPSA) is 86.1 Å². The molecule has 3 unspecified atom stereocenters. The lowest BCUT2D eigenvalue weighted by Crippen LogP contribution is -2.52. The van der Waals surface area contributed by atoms with Crippen molar-refractivity contribution in [1.29, 1.82) is 0 Å². The van der Waals surface area contributed by atoms with Gasteiger partial charge in [-0.15, -0.1) is 11.8 Å². The smallest absolute Gasteiger partial charge is 0.242 e. The van der Waals surface area contributed by atoms with E-state index < -0.39 is 5.41 Å². The summed E-state index contributed by atoms with van der Waals surface area (Å²) < 4.78 is 32.6. The number of amides is 2. The van der Waals surface area contributed by atoms with Crippen molar-refractivity contribution in [3.8, 4) is 17.2 Å². The number of rotatable bonds is 6. The minimum absolute atomic E-state index is 0.106. The van der Waals surface area contributed by atoms with Crippen molar-refractivity contribution in [3.05, 3.63) is 65.1 Å². The lowest BCUT2D eigenvalue weighted by Gasteiger charge is -2.36. The normalized spacial score (nSPS) is 20.9. The fraction of sp³-hybridized carbons (Fsp3) is 0.469. The van der Waals surface area contributed by atoms with Gasteiger partial charge in [0.15, 0.2) is 11.5 Å². The molecule has 230 valence electrons. The van der Waals surface area contributed by atoms with Crippen LogP contribution >= 0.6 is 11.8 Å². The highest BCUT2D eigenvalue weighted by Gasteiger charge is 2.41. The predicted molar refractivity (Wildman–Crippen MR) is 165 cm³/mol. The highest BCUT2D eigenvalue weighted by atomic mass is 32.2. The van der Waals surface area contributed by atoms with Gasteiger partial charge in [-0.2, -0.15) is 5.10 Å². The maximum Gasteiger partial charge on any atom is 0.242 e. The predicted octanol–water partition coefficient (Wildman–Crippen LogP) is 5.13. The molecule has 3 atom stereocenters. The molecular formula is C32H39FN4O5S. The van der Waals surface area contributed by atoms with Crippen LogP contribution in [0.25, 0.3) is 5.69 Å². The SMILES string of the molecule is COc1ccc(C2SCC(=O)N(CC(=O)N3CC(C)OC(C)C3)c3c2c(C(C)(C)C)nn3-c2ccc(F)cc2)cc1OC. The third-order valence-electron chi connectivity index (χ3n) is 7.65. The van der Waals surface area contributed by atoms with Crippen molar-refractivity contribution in [2.24, 2.45) is 0 Å². The lowest BCUT2D eigenvalue weighted by molar-refractivity contribution is -0.142. The fourth-order valence-electron chi connectivity index (χ4n) is 5.73. The van der Waals surface area contributed by atoms with Crippen LogP contribution in [0, 0.1) is 5.82 Å². The van der Waals surface area contributed by atoms with Gasteiger partial charge >= 0.3 is 0 Å². The molecule has 1 fully saturated rings. The highest BCUT2D eigenvalue weighted by Crippen LogP contribution is 2.49. The number of benzene rings is 2. The third kappa shape index (κ3) is 6.24. The number of carbonyl (C=O) groups is 2. The Morgan fingerprint density at radius 2 is 1.70 bits per heavy atom. The molecule has 2 aliphatic heterocycles. The van der Waals surface area contributed by atoms with E-state index in [0.717, 1.165) is 16.8 Å². The molecular weight excluding hydrogens is 571 g/mol. The number of halogens is 1. The van der Waals surface area contributed by atoms with Crippen molar-refractivity contribution in [2.75, 3.05) is 44.5 Å². The van der Waals surface area contributed by atoms with Crippen LogP contribution in [-0.2, 0) is 19.7 Å². The monoisotopic (exact) mass is 610 g/mol. The van der Waals surface area contributed by atoms with E-state index in [-0.39, 0.29) is 47.4 Å². The Hall–Kier alpha value is -3.57. The first-order chi connectivity index (χ1) is 20.4. The van der Waals surface area contributed by atoms with Crippen LogP contribution in [0.5, 0.6) is 11.5 Å². The molecule has 3 aromatic rings. The van der Waals surface area contributed by atoms with Crippen molar-refractivity contribution in [3.63, 3.8) is 0 Å². The van der Waals surface area contributed by atoms with Crippen molar-refractivity contribution >= 4 is 29.4 Å². The maximum atomic E-state index is 14.0. The molecule has 0 radical (unpaired) electrons. The summed E-state index contributed by atoms with van der Waals surface area (Å²) in [6, 6.07) is 11.7. The third-order valence-corrected chi connectivity index (χ3v) is 8.90. The van der Waals surface area contributed by atoms with E-state index in [2.05, 4.69) is 20.8 Å². The molecule has 2 aromatic carbocycles. The maximum absolute atomic E-state index is 14.0. The van der Waals surface area contributed by atoms with E-state index in [1.807, 2.05) is 32.0 Å². The Morgan fingerprint density at radius 3 is 2.30 bits per heavy atom. The van der Waals surface area contributed by atoms with E-state index in [1.165, 1.54) is 23.9 Å². The minimum atomic E-state index is -0.428. The standard InChI is InChI=1S/C32H39FN4O5S/c1-19-15-35(16-20(2)42-19)26(38)17-36-27(39)18-43-29(21-8-13-24(40-6)25(14-21)41-7)28-30(32(3,4)5)34-37(31(28)36)23-11-9-22(33)10-12-23/h8-14,19-20,29H,15-18H2,1-7H3. The second kappa shape index (κ2) is 12.2. The molecule has 0 saturated carbocycles. The zero-order chi connectivity index (χ0) is 31.1. The van der Waals surface area contributed by atoms with Gasteiger partial charge in [0.2, 0.25) is 11.8 Å². The van der Waals surface area contributed by atoms with Crippen LogP contribution in [0.15, 0.2) is 42.5 Å². The van der Waals surface area contributed by atoms with Crippen LogP contribution in [-0.4, -0.2) is 78.3 Å². The second-order valence-electron chi connectivity index (χ2n) is 12.1. The fourth-order valence-corrected chi connectivity index (χ4v) is 6.92. The summed E-state index contributed by atoms with van der Waals surface area (Å²) in [4.78, 5) is 31.1. The minimum Gasteiger partial charge on any atom is -0.493 e. The van der Waals surface area contributed by atoms with E-state index in [1.54, 1.807) is 40.8 Å².